The highest BCUT2D eigenvalue weighted by Crippen LogP contribution is 2.39. The van der Waals surface area contributed by atoms with Crippen LogP contribution in [0.5, 0.6) is 5.75 Å². The van der Waals surface area contributed by atoms with Crippen molar-refractivity contribution in [2.24, 2.45) is 5.92 Å². The third-order valence-corrected chi connectivity index (χ3v) is 4.57. The van der Waals surface area contributed by atoms with E-state index in [2.05, 4.69) is 0 Å². The van der Waals surface area contributed by atoms with Gasteiger partial charge in [-0.3, -0.25) is 9.59 Å². The number of carbonyl (C=O) groups is 2. The number of anilines is 1. The Hall–Kier alpha value is -1.70. The van der Waals surface area contributed by atoms with Crippen molar-refractivity contribution in [2.45, 2.75) is 19.5 Å². The molecule has 0 spiro atoms. The molecule has 0 radical (unpaired) electrons. The van der Waals surface area contributed by atoms with E-state index in [1.807, 2.05) is 0 Å². The number of ether oxygens (including phenoxy) is 1. The molecule has 1 fully saturated rings. The number of rotatable bonds is 4. The minimum Gasteiger partial charge on any atom is -0.495 e. The highest BCUT2D eigenvalue weighted by Gasteiger charge is 2.36. The summed E-state index contributed by atoms with van der Waals surface area (Å²) in [5, 5.41) is -0.0486. The summed E-state index contributed by atoms with van der Waals surface area (Å²) in [6, 6.07) is 3.06. The van der Waals surface area contributed by atoms with Crippen molar-refractivity contribution < 1.29 is 27.5 Å². The van der Waals surface area contributed by atoms with Gasteiger partial charge in [0.15, 0.2) is 5.12 Å². The second-order valence-corrected chi connectivity index (χ2v) is 6.46. The predicted molar refractivity (Wildman–Crippen MR) is 81.6 cm³/mol. The molecule has 4 nitrogen and oxygen atoms in total. The number of hydrogen-bond donors (Lipinski definition) is 0. The molecule has 1 aromatic rings. The lowest BCUT2D eigenvalue weighted by Crippen LogP contribution is -2.25. The van der Waals surface area contributed by atoms with Gasteiger partial charge in [0.1, 0.15) is 5.75 Å². The van der Waals surface area contributed by atoms with Gasteiger partial charge >= 0.3 is 6.18 Å². The first kappa shape index (κ1) is 17.7. The number of amides is 1. The molecule has 0 aliphatic carbocycles. The predicted octanol–water partition coefficient (Wildman–Crippen LogP) is 3.35. The molecule has 0 aromatic heterocycles. The Bertz CT molecular complexity index is 618. The van der Waals surface area contributed by atoms with Crippen LogP contribution in [-0.2, 0) is 15.8 Å². The van der Waals surface area contributed by atoms with E-state index in [1.165, 1.54) is 25.0 Å². The highest BCUT2D eigenvalue weighted by atomic mass is 32.2. The fourth-order valence-electron chi connectivity index (χ4n) is 2.44. The number of hydrogen-bond acceptors (Lipinski definition) is 4. The van der Waals surface area contributed by atoms with Crippen LogP contribution < -0.4 is 9.64 Å². The van der Waals surface area contributed by atoms with Gasteiger partial charge in [-0.1, -0.05) is 11.8 Å². The number of methoxy groups -OCH3 is 1. The van der Waals surface area contributed by atoms with E-state index in [-0.39, 0.29) is 41.3 Å². The van der Waals surface area contributed by atoms with Gasteiger partial charge in [-0.05, 0) is 24.1 Å². The Morgan fingerprint density at radius 3 is 2.70 bits per heavy atom. The Morgan fingerprint density at radius 2 is 2.13 bits per heavy atom. The van der Waals surface area contributed by atoms with Crippen LogP contribution in [0.1, 0.15) is 18.9 Å². The van der Waals surface area contributed by atoms with E-state index in [0.29, 0.717) is 5.75 Å². The van der Waals surface area contributed by atoms with Crippen molar-refractivity contribution in [1.82, 2.24) is 0 Å². The first-order valence-electron chi connectivity index (χ1n) is 6.91. The van der Waals surface area contributed by atoms with Gasteiger partial charge in [-0.15, -0.1) is 0 Å². The third kappa shape index (κ3) is 4.19. The lowest BCUT2D eigenvalue weighted by molar-refractivity contribution is -0.137. The molecule has 1 aromatic carbocycles. The van der Waals surface area contributed by atoms with E-state index in [1.54, 1.807) is 0 Å². The summed E-state index contributed by atoms with van der Waals surface area (Å²) in [7, 11) is 1.34. The molecule has 0 N–H and O–H groups in total. The summed E-state index contributed by atoms with van der Waals surface area (Å²) >= 11 is 1.12. The standard InChI is InChI=1S/C15H16F3NO3S/c1-9(20)23-8-10-5-14(21)19(7-10)12-6-11(15(16,17)18)3-4-13(12)22-2/h3-4,6,10H,5,7-8H2,1-2H3. The van der Waals surface area contributed by atoms with Gasteiger partial charge < -0.3 is 9.64 Å². The van der Waals surface area contributed by atoms with Gasteiger partial charge in [0.25, 0.3) is 0 Å². The first-order chi connectivity index (χ1) is 10.7. The summed E-state index contributed by atoms with van der Waals surface area (Å²) in [5.74, 6) is 0.345. The van der Waals surface area contributed by atoms with Crippen molar-refractivity contribution in [3.8, 4) is 5.75 Å². The zero-order chi connectivity index (χ0) is 17.2. The van der Waals surface area contributed by atoms with Gasteiger partial charge in [-0.25, -0.2) is 0 Å². The first-order valence-corrected chi connectivity index (χ1v) is 7.90. The minimum atomic E-state index is -4.49. The van der Waals surface area contributed by atoms with Gasteiger partial charge in [0, 0.05) is 25.6 Å². The van der Waals surface area contributed by atoms with Crippen molar-refractivity contribution in [1.29, 1.82) is 0 Å². The summed E-state index contributed by atoms with van der Waals surface area (Å²) in [4.78, 5) is 24.5. The summed E-state index contributed by atoms with van der Waals surface area (Å²) in [5.41, 5.74) is -0.717. The average molecular weight is 347 g/mol. The summed E-state index contributed by atoms with van der Waals surface area (Å²) < 4.78 is 43.8. The molecule has 2 rings (SSSR count). The molecular formula is C15H16F3NO3S. The zero-order valence-electron chi connectivity index (χ0n) is 12.6. The Labute approximate surface area is 136 Å². The van der Waals surface area contributed by atoms with Crippen LogP contribution in [0.25, 0.3) is 0 Å². The molecule has 1 aliphatic rings. The van der Waals surface area contributed by atoms with Gasteiger partial charge in [-0.2, -0.15) is 13.2 Å². The molecule has 1 aliphatic heterocycles. The molecular weight excluding hydrogens is 331 g/mol. The van der Waals surface area contributed by atoms with Crippen LogP contribution in [0.2, 0.25) is 0 Å². The lowest BCUT2D eigenvalue weighted by Gasteiger charge is -2.21. The van der Waals surface area contributed by atoms with E-state index in [0.717, 1.165) is 23.9 Å². The van der Waals surface area contributed by atoms with E-state index in [4.69, 9.17) is 4.74 Å². The van der Waals surface area contributed by atoms with Crippen molar-refractivity contribution in [2.75, 3.05) is 24.3 Å². The number of carbonyl (C=O) groups excluding carboxylic acids is 2. The number of thioether (sulfide) groups is 1. The average Bonchev–Trinajstić information content (AvgIpc) is 2.84. The van der Waals surface area contributed by atoms with Crippen LogP contribution >= 0.6 is 11.8 Å². The largest absolute Gasteiger partial charge is 0.495 e. The maximum atomic E-state index is 12.9. The van der Waals surface area contributed by atoms with Crippen LogP contribution in [0.15, 0.2) is 18.2 Å². The maximum absolute atomic E-state index is 12.9. The SMILES string of the molecule is COc1ccc(C(F)(F)F)cc1N1CC(CSC(C)=O)CC1=O. The normalized spacial score (nSPS) is 18.4. The Morgan fingerprint density at radius 1 is 1.43 bits per heavy atom. The second-order valence-electron chi connectivity index (χ2n) is 5.26. The number of benzene rings is 1. The zero-order valence-corrected chi connectivity index (χ0v) is 13.5. The molecule has 1 saturated heterocycles. The van der Waals surface area contributed by atoms with Crippen LogP contribution in [0.3, 0.4) is 0 Å². The number of nitrogens with zero attached hydrogens (tertiary/aromatic N) is 1. The molecule has 1 unspecified atom stereocenters. The van der Waals surface area contributed by atoms with Crippen molar-refractivity contribution >= 4 is 28.5 Å². The molecule has 0 bridgehead atoms. The van der Waals surface area contributed by atoms with Gasteiger partial charge in [0.05, 0.1) is 18.4 Å². The molecule has 1 atom stereocenters. The number of halogens is 3. The van der Waals surface area contributed by atoms with E-state index in [9.17, 15) is 22.8 Å². The van der Waals surface area contributed by atoms with E-state index < -0.39 is 11.7 Å². The topological polar surface area (TPSA) is 46.6 Å². The fraction of sp³-hybridized carbons (Fsp3) is 0.467. The summed E-state index contributed by atoms with van der Waals surface area (Å²) in [6.07, 6.45) is -4.28. The summed E-state index contributed by atoms with van der Waals surface area (Å²) in [6.45, 7) is 1.71. The minimum absolute atomic E-state index is 0.0486. The molecule has 8 heteroatoms. The Kier molecular flexibility index (Phi) is 5.23. The van der Waals surface area contributed by atoms with E-state index >= 15 is 0 Å². The maximum Gasteiger partial charge on any atom is 0.416 e. The Balaban J connectivity index is 2.26. The van der Waals surface area contributed by atoms with Crippen LogP contribution in [0, 0.1) is 5.92 Å². The third-order valence-electron chi connectivity index (χ3n) is 3.52. The van der Waals surface area contributed by atoms with Crippen LogP contribution in [0.4, 0.5) is 18.9 Å². The highest BCUT2D eigenvalue weighted by molar-refractivity contribution is 8.13. The lowest BCUT2D eigenvalue weighted by atomic mass is 10.1. The van der Waals surface area contributed by atoms with Crippen molar-refractivity contribution in [3.05, 3.63) is 23.8 Å². The quantitative estimate of drug-likeness (QED) is 0.838. The molecule has 1 heterocycles. The van der Waals surface area contributed by atoms with Crippen molar-refractivity contribution in [3.63, 3.8) is 0 Å². The molecule has 1 amide bonds. The smallest absolute Gasteiger partial charge is 0.416 e. The second kappa shape index (κ2) is 6.82. The molecule has 0 saturated carbocycles. The monoisotopic (exact) mass is 347 g/mol. The molecule has 23 heavy (non-hydrogen) atoms. The number of alkyl halides is 3. The molecule has 126 valence electrons. The van der Waals surface area contributed by atoms with Crippen LogP contribution in [-0.4, -0.2) is 30.4 Å². The fourth-order valence-corrected chi connectivity index (χ4v) is 3.13. The van der Waals surface area contributed by atoms with Gasteiger partial charge in [0.2, 0.25) is 5.91 Å².